The minimum Gasteiger partial charge on any atom is -0.493 e. The van der Waals surface area contributed by atoms with Gasteiger partial charge in [-0.3, -0.25) is 0 Å². The van der Waals surface area contributed by atoms with Crippen molar-refractivity contribution in [3.63, 3.8) is 0 Å². The third-order valence-electron chi connectivity index (χ3n) is 4.41. The van der Waals surface area contributed by atoms with Crippen molar-refractivity contribution in [1.29, 1.82) is 0 Å². The number of hydrogen-bond donors (Lipinski definition) is 1. The van der Waals surface area contributed by atoms with E-state index >= 15 is 0 Å². The molecule has 2 heteroatoms. The molecule has 0 saturated heterocycles. The predicted molar refractivity (Wildman–Crippen MR) is 73.7 cm³/mol. The molecular formula is C16H23NO. The SMILES string of the molecule is CC(CNC1c2ccccc2OCC1C)C1CC1. The predicted octanol–water partition coefficient (Wildman–Crippen LogP) is 3.39. The lowest BCUT2D eigenvalue weighted by molar-refractivity contribution is 0.184. The first-order chi connectivity index (χ1) is 8.75. The van der Waals surface area contributed by atoms with Crippen molar-refractivity contribution in [2.45, 2.75) is 32.7 Å². The first kappa shape index (κ1) is 12.0. The van der Waals surface area contributed by atoms with E-state index in [1.807, 2.05) is 0 Å². The second-order valence-corrected chi connectivity index (χ2v) is 6.03. The Morgan fingerprint density at radius 3 is 2.89 bits per heavy atom. The Morgan fingerprint density at radius 2 is 2.11 bits per heavy atom. The van der Waals surface area contributed by atoms with Gasteiger partial charge in [-0.25, -0.2) is 0 Å². The molecule has 3 unspecified atom stereocenters. The highest BCUT2D eigenvalue weighted by Gasteiger charge is 2.31. The van der Waals surface area contributed by atoms with Gasteiger partial charge in [0.2, 0.25) is 0 Å². The van der Waals surface area contributed by atoms with Crippen LogP contribution in [0.4, 0.5) is 0 Å². The quantitative estimate of drug-likeness (QED) is 0.878. The molecule has 1 aromatic rings. The molecule has 1 aliphatic carbocycles. The smallest absolute Gasteiger partial charge is 0.124 e. The van der Waals surface area contributed by atoms with Gasteiger partial charge in [0.25, 0.3) is 0 Å². The van der Waals surface area contributed by atoms with E-state index in [-0.39, 0.29) is 0 Å². The molecule has 1 aromatic carbocycles. The molecule has 0 bridgehead atoms. The molecule has 98 valence electrons. The average Bonchev–Trinajstić information content (AvgIpc) is 3.21. The summed E-state index contributed by atoms with van der Waals surface area (Å²) in [4.78, 5) is 0. The van der Waals surface area contributed by atoms with Crippen LogP contribution in [0.2, 0.25) is 0 Å². The van der Waals surface area contributed by atoms with E-state index < -0.39 is 0 Å². The van der Waals surface area contributed by atoms with Crippen LogP contribution in [-0.4, -0.2) is 13.2 Å². The fourth-order valence-electron chi connectivity index (χ4n) is 2.95. The Kier molecular flexibility index (Phi) is 3.29. The normalized spacial score (nSPS) is 28.3. The molecule has 0 spiro atoms. The summed E-state index contributed by atoms with van der Waals surface area (Å²) in [6, 6.07) is 8.90. The van der Waals surface area contributed by atoms with Gasteiger partial charge in [-0.1, -0.05) is 32.0 Å². The molecule has 0 radical (unpaired) electrons. The Hall–Kier alpha value is -1.02. The Morgan fingerprint density at radius 1 is 1.33 bits per heavy atom. The summed E-state index contributed by atoms with van der Waals surface area (Å²) < 4.78 is 5.79. The lowest BCUT2D eigenvalue weighted by Gasteiger charge is -2.33. The van der Waals surface area contributed by atoms with E-state index in [1.165, 1.54) is 18.4 Å². The fourth-order valence-corrected chi connectivity index (χ4v) is 2.95. The van der Waals surface area contributed by atoms with Crippen molar-refractivity contribution < 1.29 is 4.74 Å². The number of nitrogens with one attached hydrogen (secondary N) is 1. The van der Waals surface area contributed by atoms with Crippen LogP contribution in [0.25, 0.3) is 0 Å². The van der Waals surface area contributed by atoms with E-state index in [4.69, 9.17) is 4.74 Å². The summed E-state index contributed by atoms with van der Waals surface area (Å²) in [6.07, 6.45) is 2.87. The first-order valence-electron chi connectivity index (χ1n) is 7.21. The first-order valence-corrected chi connectivity index (χ1v) is 7.21. The van der Waals surface area contributed by atoms with Gasteiger partial charge in [-0.15, -0.1) is 0 Å². The minimum atomic E-state index is 0.455. The van der Waals surface area contributed by atoms with Crippen molar-refractivity contribution in [2.75, 3.05) is 13.2 Å². The van der Waals surface area contributed by atoms with Crippen molar-refractivity contribution in [1.82, 2.24) is 5.32 Å². The number of hydrogen-bond acceptors (Lipinski definition) is 2. The van der Waals surface area contributed by atoms with E-state index in [2.05, 4.69) is 43.4 Å². The molecular weight excluding hydrogens is 222 g/mol. The van der Waals surface area contributed by atoms with Crippen LogP contribution in [0.15, 0.2) is 24.3 Å². The monoisotopic (exact) mass is 245 g/mol. The van der Waals surface area contributed by atoms with Crippen LogP contribution in [0, 0.1) is 17.8 Å². The largest absolute Gasteiger partial charge is 0.493 e. The van der Waals surface area contributed by atoms with Crippen molar-refractivity contribution in [3.8, 4) is 5.75 Å². The molecule has 0 aromatic heterocycles. The standard InChI is InChI=1S/C16H23NO/c1-11(13-7-8-13)9-17-16-12(2)10-18-15-6-4-3-5-14(15)16/h3-6,11-13,16-17H,7-10H2,1-2H3. The molecule has 0 amide bonds. The average molecular weight is 245 g/mol. The van der Waals surface area contributed by atoms with Crippen LogP contribution in [0.1, 0.15) is 38.3 Å². The molecule has 18 heavy (non-hydrogen) atoms. The Balaban J connectivity index is 1.69. The zero-order valence-corrected chi connectivity index (χ0v) is 11.4. The van der Waals surface area contributed by atoms with Gasteiger partial charge in [-0.05, 0) is 37.3 Å². The van der Waals surface area contributed by atoms with Gasteiger partial charge in [-0.2, -0.15) is 0 Å². The van der Waals surface area contributed by atoms with Gasteiger partial charge in [0.05, 0.1) is 6.61 Å². The number of fused-ring (bicyclic) bond motifs is 1. The van der Waals surface area contributed by atoms with Crippen LogP contribution in [0.3, 0.4) is 0 Å². The molecule has 2 aliphatic rings. The Labute approximate surface area is 110 Å². The molecule has 2 nitrogen and oxygen atoms in total. The summed E-state index contributed by atoms with van der Waals surface area (Å²) >= 11 is 0. The number of rotatable bonds is 4. The topological polar surface area (TPSA) is 21.3 Å². The molecule has 1 saturated carbocycles. The van der Waals surface area contributed by atoms with Gasteiger partial charge < -0.3 is 10.1 Å². The van der Waals surface area contributed by atoms with Gasteiger partial charge in [0.1, 0.15) is 5.75 Å². The lowest BCUT2D eigenvalue weighted by atomic mass is 9.91. The van der Waals surface area contributed by atoms with Crippen molar-refractivity contribution in [3.05, 3.63) is 29.8 Å². The van der Waals surface area contributed by atoms with E-state index in [9.17, 15) is 0 Å². The maximum Gasteiger partial charge on any atom is 0.124 e. The fraction of sp³-hybridized carbons (Fsp3) is 0.625. The maximum absolute atomic E-state index is 5.79. The van der Waals surface area contributed by atoms with E-state index in [0.717, 1.165) is 30.7 Å². The highest BCUT2D eigenvalue weighted by Crippen LogP contribution is 2.38. The number of para-hydroxylation sites is 1. The Bertz CT molecular complexity index is 413. The van der Waals surface area contributed by atoms with Gasteiger partial charge in [0, 0.05) is 17.5 Å². The molecule has 1 N–H and O–H groups in total. The lowest BCUT2D eigenvalue weighted by Crippen LogP contribution is -2.36. The van der Waals surface area contributed by atoms with Gasteiger partial charge in [0.15, 0.2) is 0 Å². The second kappa shape index (κ2) is 4.93. The van der Waals surface area contributed by atoms with Crippen molar-refractivity contribution >= 4 is 0 Å². The summed E-state index contributed by atoms with van der Waals surface area (Å²) in [5.74, 6) is 3.40. The second-order valence-electron chi connectivity index (χ2n) is 6.03. The number of benzene rings is 1. The zero-order chi connectivity index (χ0) is 12.5. The highest BCUT2D eigenvalue weighted by atomic mass is 16.5. The number of ether oxygens (including phenoxy) is 1. The highest BCUT2D eigenvalue weighted by molar-refractivity contribution is 5.37. The maximum atomic E-state index is 5.79. The summed E-state index contributed by atoms with van der Waals surface area (Å²) in [6.45, 7) is 6.61. The van der Waals surface area contributed by atoms with Crippen LogP contribution in [0.5, 0.6) is 5.75 Å². The van der Waals surface area contributed by atoms with E-state index in [1.54, 1.807) is 0 Å². The molecule has 1 heterocycles. The van der Waals surface area contributed by atoms with E-state index in [0.29, 0.717) is 12.0 Å². The summed E-state index contributed by atoms with van der Waals surface area (Å²) in [5.41, 5.74) is 1.33. The summed E-state index contributed by atoms with van der Waals surface area (Å²) in [7, 11) is 0. The van der Waals surface area contributed by atoms with Crippen LogP contribution < -0.4 is 10.1 Å². The third kappa shape index (κ3) is 2.39. The summed E-state index contributed by atoms with van der Waals surface area (Å²) in [5, 5.41) is 3.77. The van der Waals surface area contributed by atoms with Crippen molar-refractivity contribution in [2.24, 2.45) is 17.8 Å². The third-order valence-corrected chi connectivity index (χ3v) is 4.41. The zero-order valence-electron chi connectivity index (χ0n) is 11.4. The molecule has 3 rings (SSSR count). The molecule has 3 atom stereocenters. The van der Waals surface area contributed by atoms with Crippen LogP contribution in [-0.2, 0) is 0 Å². The van der Waals surface area contributed by atoms with Crippen LogP contribution >= 0.6 is 0 Å². The molecule has 1 fully saturated rings. The van der Waals surface area contributed by atoms with Gasteiger partial charge >= 0.3 is 0 Å². The molecule has 1 aliphatic heterocycles. The minimum absolute atomic E-state index is 0.455.